The normalized spacial score (nSPS) is 23.1. The van der Waals surface area contributed by atoms with E-state index < -0.39 is 10.0 Å². The number of sulfonamides is 1. The average Bonchev–Trinajstić information content (AvgIpc) is 2.82. The maximum absolute atomic E-state index is 12.4. The number of nitrogens with two attached hydrogens (primary N) is 1. The Labute approximate surface area is 133 Å². The first-order valence-corrected chi connectivity index (χ1v) is 9.68. The molecule has 0 amide bonds. The fourth-order valence-corrected chi connectivity index (χ4v) is 5.46. The highest BCUT2D eigenvalue weighted by molar-refractivity contribution is 7.99. The Hall–Kier alpha value is -0.140. The summed E-state index contributed by atoms with van der Waals surface area (Å²) in [7, 11) is -3.69. The summed E-state index contributed by atoms with van der Waals surface area (Å²) in [6, 6.07) is 2.76. The van der Waals surface area contributed by atoms with Crippen LogP contribution in [0.15, 0.2) is 17.0 Å². The van der Waals surface area contributed by atoms with Crippen LogP contribution >= 0.6 is 35.0 Å². The molecule has 0 bridgehead atoms. The third-order valence-corrected chi connectivity index (χ3v) is 6.99. The molecule has 8 heteroatoms. The number of nitrogens with one attached hydrogen (secondary N) is 1. The second-order valence-corrected chi connectivity index (χ2v) is 8.25. The predicted octanol–water partition coefficient (Wildman–Crippen LogP) is 3.14. The van der Waals surface area contributed by atoms with Crippen molar-refractivity contribution in [3.63, 3.8) is 0 Å². The molecule has 0 saturated heterocycles. The highest BCUT2D eigenvalue weighted by Crippen LogP contribution is 2.34. The molecule has 4 nitrogen and oxygen atoms in total. The van der Waals surface area contributed by atoms with E-state index in [2.05, 4.69) is 4.72 Å². The van der Waals surface area contributed by atoms with E-state index in [1.54, 1.807) is 11.8 Å². The molecule has 2 rings (SSSR count). The number of thioether (sulfide) groups is 1. The van der Waals surface area contributed by atoms with Crippen LogP contribution < -0.4 is 10.5 Å². The molecule has 1 fully saturated rings. The maximum Gasteiger partial charge on any atom is 0.242 e. The zero-order chi connectivity index (χ0) is 14.9. The minimum atomic E-state index is -3.69. The second kappa shape index (κ2) is 6.32. The molecular weight excluding hydrogens is 339 g/mol. The highest BCUT2D eigenvalue weighted by atomic mass is 35.5. The van der Waals surface area contributed by atoms with Crippen LogP contribution in [0.1, 0.15) is 19.3 Å². The van der Waals surface area contributed by atoms with Crippen LogP contribution in [0.4, 0.5) is 5.69 Å². The van der Waals surface area contributed by atoms with Gasteiger partial charge in [0.15, 0.2) is 0 Å². The molecule has 20 heavy (non-hydrogen) atoms. The van der Waals surface area contributed by atoms with Crippen molar-refractivity contribution in [1.82, 2.24) is 4.72 Å². The Morgan fingerprint density at radius 1 is 1.35 bits per heavy atom. The van der Waals surface area contributed by atoms with Gasteiger partial charge in [0.1, 0.15) is 4.90 Å². The Morgan fingerprint density at radius 3 is 2.70 bits per heavy atom. The smallest absolute Gasteiger partial charge is 0.242 e. The number of halogens is 2. The summed E-state index contributed by atoms with van der Waals surface area (Å²) in [5.74, 6) is 0. The van der Waals surface area contributed by atoms with Gasteiger partial charge < -0.3 is 5.73 Å². The van der Waals surface area contributed by atoms with Crippen molar-refractivity contribution in [2.45, 2.75) is 35.4 Å². The molecule has 3 N–H and O–H groups in total. The van der Waals surface area contributed by atoms with Crippen molar-refractivity contribution in [3.05, 3.63) is 22.2 Å². The highest BCUT2D eigenvalue weighted by Gasteiger charge is 2.31. The molecule has 0 aliphatic heterocycles. The second-order valence-electron chi connectivity index (χ2n) is 4.71. The molecule has 0 heterocycles. The van der Waals surface area contributed by atoms with E-state index in [0.29, 0.717) is 5.25 Å². The quantitative estimate of drug-likeness (QED) is 0.814. The van der Waals surface area contributed by atoms with Crippen LogP contribution in [0.2, 0.25) is 10.0 Å². The van der Waals surface area contributed by atoms with Crippen molar-refractivity contribution in [2.24, 2.45) is 0 Å². The molecule has 1 saturated carbocycles. The minimum Gasteiger partial charge on any atom is -0.396 e. The van der Waals surface area contributed by atoms with Crippen molar-refractivity contribution in [3.8, 4) is 0 Å². The molecule has 1 aliphatic carbocycles. The molecule has 112 valence electrons. The van der Waals surface area contributed by atoms with Gasteiger partial charge in [-0.25, -0.2) is 13.1 Å². The maximum atomic E-state index is 12.4. The van der Waals surface area contributed by atoms with Gasteiger partial charge in [-0.2, -0.15) is 11.8 Å². The Bertz CT molecular complexity index is 608. The van der Waals surface area contributed by atoms with Gasteiger partial charge in [0.05, 0.1) is 15.7 Å². The topological polar surface area (TPSA) is 72.2 Å². The molecule has 0 aromatic heterocycles. The number of rotatable bonds is 4. The zero-order valence-electron chi connectivity index (χ0n) is 10.9. The van der Waals surface area contributed by atoms with Crippen LogP contribution in [0.3, 0.4) is 0 Å². The zero-order valence-corrected chi connectivity index (χ0v) is 14.0. The lowest BCUT2D eigenvalue weighted by atomic mass is 10.3. The van der Waals surface area contributed by atoms with E-state index >= 15 is 0 Å². The largest absolute Gasteiger partial charge is 0.396 e. The van der Waals surface area contributed by atoms with Crippen molar-refractivity contribution in [1.29, 1.82) is 0 Å². The Kier molecular flexibility index (Phi) is 5.13. The lowest BCUT2D eigenvalue weighted by Crippen LogP contribution is -2.38. The van der Waals surface area contributed by atoms with Gasteiger partial charge in [0.2, 0.25) is 10.0 Å². The van der Waals surface area contributed by atoms with E-state index in [0.717, 1.165) is 19.3 Å². The molecular formula is C12H16Cl2N2O2S2. The van der Waals surface area contributed by atoms with Crippen LogP contribution in [-0.2, 0) is 10.0 Å². The van der Waals surface area contributed by atoms with Gasteiger partial charge in [-0.05, 0) is 31.2 Å². The predicted molar refractivity (Wildman–Crippen MR) is 86.1 cm³/mol. The fourth-order valence-electron chi connectivity index (χ4n) is 2.36. The van der Waals surface area contributed by atoms with Crippen LogP contribution in [0, 0.1) is 0 Å². The Morgan fingerprint density at radius 2 is 2.05 bits per heavy atom. The van der Waals surface area contributed by atoms with E-state index in [1.165, 1.54) is 12.1 Å². The van der Waals surface area contributed by atoms with E-state index in [1.807, 2.05) is 6.26 Å². The molecule has 2 unspecified atom stereocenters. The molecule has 0 spiro atoms. The van der Waals surface area contributed by atoms with E-state index in [4.69, 9.17) is 28.9 Å². The summed E-state index contributed by atoms with van der Waals surface area (Å²) in [4.78, 5) is -0.0205. The first kappa shape index (κ1) is 16.2. The number of benzene rings is 1. The average molecular weight is 355 g/mol. The first-order chi connectivity index (χ1) is 9.36. The van der Waals surface area contributed by atoms with Gasteiger partial charge in [-0.15, -0.1) is 0 Å². The summed E-state index contributed by atoms with van der Waals surface area (Å²) in [5.41, 5.74) is 5.77. The summed E-state index contributed by atoms with van der Waals surface area (Å²) >= 11 is 13.5. The number of nitrogen functional groups attached to an aromatic ring is 1. The third-order valence-electron chi connectivity index (χ3n) is 3.44. The fraction of sp³-hybridized carbons (Fsp3) is 0.500. The third kappa shape index (κ3) is 3.20. The van der Waals surface area contributed by atoms with Gasteiger partial charge >= 0.3 is 0 Å². The summed E-state index contributed by atoms with van der Waals surface area (Å²) in [5, 5.41) is 0.522. The van der Waals surface area contributed by atoms with Gasteiger partial charge in [-0.3, -0.25) is 0 Å². The van der Waals surface area contributed by atoms with Crippen molar-refractivity contribution in [2.75, 3.05) is 12.0 Å². The van der Waals surface area contributed by atoms with Crippen LogP contribution in [0.5, 0.6) is 0 Å². The standard InChI is InChI=1S/C12H16Cl2N2O2S2/c1-19-9-4-2-3-8(9)16-20(17,18)10-6-5-7(13)12(15)11(10)14/h5-6,8-9,16H,2-4,15H2,1H3. The lowest BCUT2D eigenvalue weighted by molar-refractivity contribution is 0.555. The van der Waals surface area contributed by atoms with Crippen molar-refractivity contribution < 1.29 is 8.42 Å². The minimum absolute atomic E-state index is 0.0205. The molecule has 1 aliphatic rings. The first-order valence-electron chi connectivity index (χ1n) is 6.15. The number of hydrogen-bond acceptors (Lipinski definition) is 4. The number of hydrogen-bond donors (Lipinski definition) is 2. The van der Waals surface area contributed by atoms with Crippen LogP contribution in [0.25, 0.3) is 0 Å². The summed E-state index contributed by atoms with van der Waals surface area (Å²) in [6.07, 6.45) is 4.87. The van der Waals surface area contributed by atoms with E-state index in [9.17, 15) is 8.42 Å². The molecule has 1 aromatic rings. The summed E-state index contributed by atoms with van der Waals surface area (Å²) < 4.78 is 27.6. The molecule has 2 atom stereocenters. The summed E-state index contributed by atoms with van der Waals surface area (Å²) in [6.45, 7) is 0. The Balaban J connectivity index is 2.29. The molecule has 0 radical (unpaired) electrons. The lowest BCUT2D eigenvalue weighted by Gasteiger charge is -2.20. The van der Waals surface area contributed by atoms with Crippen molar-refractivity contribution >= 4 is 50.7 Å². The van der Waals surface area contributed by atoms with Gasteiger partial charge in [0.25, 0.3) is 0 Å². The monoisotopic (exact) mass is 354 g/mol. The van der Waals surface area contributed by atoms with E-state index in [-0.39, 0.29) is 26.7 Å². The SMILES string of the molecule is CSC1CCCC1NS(=O)(=O)c1ccc(Cl)c(N)c1Cl. The molecule has 1 aromatic carbocycles. The van der Waals surface area contributed by atoms with Gasteiger partial charge in [0, 0.05) is 11.3 Å². The van der Waals surface area contributed by atoms with Gasteiger partial charge in [-0.1, -0.05) is 29.6 Å². The van der Waals surface area contributed by atoms with Crippen LogP contribution in [-0.4, -0.2) is 26.0 Å². The number of anilines is 1.